The molecular weight excluding hydrogens is 170 g/mol. The summed E-state index contributed by atoms with van der Waals surface area (Å²) in [6.07, 6.45) is 0.171. The minimum Gasteiger partial charge on any atom is -0.489 e. The van der Waals surface area contributed by atoms with E-state index in [4.69, 9.17) is 16.3 Å². The summed E-state index contributed by atoms with van der Waals surface area (Å²) >= 11 is 5.95. The molecule has 0 bridgehead atoms. The van der Waals surface area contributed by atoms with Gasteiger partial charge in [-0.05, 0) is 26.0 Å². The summed E-state index contributed by atoms with van der Waals surface area (Å²) in [5.74, 6) is 0.761. The fourth-order valence-corrected chi connectivity index (χ4v) is 1.24. The standard InChI is InChI=1S/C9H12BClO/c1-6(2)12-9-4-3-7(10)5-8(9)11/h3-6H,10H2,1-2H3. The van der Waals surface area contributed by atoms with E-state index >= 15 is 0 Å². The Kier molecular flexibility index (Phi) is 3.04. The quantitative estimate of drug-likeness (QED) is 0.628. The van der Waals surface area contributed by atoms with Crippen LogP contribution in [0.4, 0.5) is 0 Å². The second-order valence-electron chi connectivity index (χ2n) is 3.10. The summed E-state index contributed by atoms with van der Waals surface area (Å²) in [6, 6.07) is 5.79. The van der Waals surface area contributed by atoms with Gasteiger partial charge in [0.05, 0.1) is 11.1 Å². The zero-order valence-corrected chi connectivity index (χ0v) is 8.35. The number of hydrogen-bond donors (Lipinski definition) is 0. The van der Waals surface area contributed by atoms with Crippen LogP contribution in [0.15, 0.2) is 18.2 Å². The lowest BCUT2D eigenvalue weighted by Gasteiger charge is -2.11. The van der Waals surface area contributed by atoms with Gasteiger partial charge in [0.25, 0.3) is 0 Å². The molecule has 0 radical (unpaired) electrons. The van der Waals surface area contributed by atoms with E-state index in [0.29, 0.717) is 5.02 Å². The molecule has 0 aliphatic rings. The topological polar surface area (TPSA) is 9.23 Å². The SMILES string of the molecule is Bc1ccc(OC(C)C)c(Cl)c1. The van der Waals surface area contributed by atoms with Crippen molar-refractivity contribution in [2.45, 2.75) is 20.0 Å². The molecule has 1 rings (SSSR count). The summed E-state index contributed by atoms with van der Waals surface area (Å²) < 4.78 is 5.47. The van der Waals surface area contributed by atoms with E-state index in [1.54, 1.807) is 0 Å². The van der Waals surface area contributed by atoms with Crippen LogP contribution < -0.4 is 10.2 Å². The maximum Gasteiger partial charge on any atom is 0.139 e. The van der Waals surface area contributed by atoms with Crippen LogP contribution in [0.1, 0.15) is 13.8 Å². The molecule has 1 aromatic rings. The maximum absolute atomic E-state index is 5.95. The van der Waals surface area contributed by atoms with Crippen LogP contribution in [0, 0.1) is 0 Å². The summed E-state index contributed by atoms with van der Waals surface area (Å²) in [6.45, 7) is 3.96. The molecule has 0 atom stereocenters. The van der Waals surface area contributed by atoms with Crippen molar-refractivity contribution in [2.24, 2.45) is 0 Å². The molecule has 64 valence electrons. The molecule has 0 N–H and O–H groups in total. The number of ether oxygens (including phenoxy) is 1. The molecule has 0 aliphatic heterocycles. The zero-order chi connectivity index (χ0) is 9.14. The zero-order valence-electron chi connectivity index (χ0n) is 7.60. The fourth-order valence-electron chi connectivity index (χ4n) is 0.955. The van der Waals surface area contributed by atoms with Crippen LogP contribution in [0.3, 0.4) is 0 Å². The molecule has 0 fully saturated rings. The van der Waals surface area contributed by atoms with E-state index in [2.05, 4.69) is 0 Å². The minimum atomic E-state index is 0.171. The number of halogens is 1. The first-order valence-corrected chi connectivity index (χ1v) is 4.40. The second kappa shape index (κ2) is 3.86. The molecule has 0 aliphatic carbocycles. The molecule has 1 aromatic carbocycles. The Morgan fingerprint density at radius 3 is 2.58 bits per heavy atom. The second-order valence-corrected chi connectivity index (χ2v) is 3.51. The molecule has 1 nitrogen and oxygen atoms in total. The molecule has 0 aromatic heterocycles. The third-order valence-corrected chi connectivity index (χ3v) is 1.75. The molecule has 0 heterocycles. The molecule has 3 heteroatoms. The molecule has 12 heavy (non-hydrogen) atoms. The maximum atomic E-state index is 5.95. The summed E-state index contributed by atoms with van der Waals surface area (Å²) in [4.78, 5) is 0. The van der Waals surface area contributed by atoms with Gasteiger partial charge in [-0.2, -0.15) is 0 Å². The average molecular weight is 182 g/mol. The Morgan fingerprint density at radius 1 is 1.42 bits per heavy atom. The van der Waals surface area contributed by atoms with Crippen LogP contribution in [0.2, 0.25) is 5.02 Å². The largest absolute Gasteiger partial charge is 0.489 e. The normalized spacial score (nSPS) is 10.3. The summed E-state index contributed by atoms with van der Waals surface area (Å²) in [7, 11) is 2.00. The number of hydrogen-bond acceptors (Lipinski definition) is 1. The average Bonchev–Trinajstić information content (AvgIpc) is 1.94. The van der Waals surface area contributed by atoms with Crippen LogP contribution >= 0.6 is 11.6 Å². The van der Waals surface area contributed by atoms with Gasteiger partial charge in [0.1, 0.15) is 13.6 Å². The highest BCUT2D eigenvalue weighted by atomic mass is 35.5. The molecule has 0 saturated heterocycles. The highest BCUT2D eigenvalue weighted by Crippen LogP contribution is 2.22. The van der Waals surface area contributed by atoms with E-state index in [-0.39, 0.29) is 6.10 Å². The highest BCUT2D eigenvalue weighted by Gasteiger charge is 2.02. The van der Waals surface area contributed by atoms with E-state index in [1.807, 2.05) is 39.9 Å². The van der Waals surface area contributed by atoms with Gasteiger partial charge in [-0.15, -0.1) is 0 Å². The van der Waals surface area contributed by atoms with Crippen LogP contribution in [-0.4, -0.2) is 14.0 Å². The van der Waals surface area contributed by atoms with E-state index in [1.165, 1.54) is 0 Å². The van der Waals surface area contributed by atoms with E-state index in [0.717, 1.165) is 11.2 Å². The van der Waals surface area contributed by atoms with Crippen LogP contribution in [0.5, 0.6) is 5.75 Å². The van der Waals surface area contributed by atoms with Crippen molar-refractivity contribution in [3.63, 3.8) is 0 Å². The van der Waals surface area contributed by atoms with Crippen molar-refractivity contribution in [2.75, 3.05) is 0 Å². The molecular formula is C9H12BClO. The molecule has 0 unspecified atom stereocenters. The molecule has 0 saturated carbocycles. The summed E-state index contributed by atoms with van der Waals surface area (Å²) in [5, 5.41) is 0.684. The first-order chi connectivity index (χ1) is 5.59. The predicted octanol–water partition coefficient (Wildman–Crippen LogP) is 1.39. The Balaban J connectivity index is 2.86. The van der Waals surface area contributed by atoms with Gasteiger partial charge in [-0.1, -0.05) is 23.1 Å². The first kappa shape index (κ1) is 9.46. The van der Waals surface area contributed by atoms with Gasteiger partial charge >= 0.3 is 0 Å². The van der Waals surface area contributed by atoms with Crippen LogP contribution in [0.25, 0.3) is 0 Å². The Labute approximate surface area is 79.1 Å². The Hall–Kier alpha value is -0.625. The third kappa shape index (κ3) is 2.45. The monoisotopic (exact) mass is 182 g/mol. The van der Waals surface area contributed by atoms with Gasteiger partial charge in [0, 0.05) is 0 Å². The third-order valence-electron chi connectivity index (χ3n) is 1.45. The van der Waals surface area contributed by atoms with Crippen molar-refractivity contribution in [3.05, 3.63) is 23.2 Å². The van der Waals surface area contributed by atoms with Gasteiger partial charge in [-0.25, -0.2) is 0 Å². The predicted molar refractivity (Wildman–Crippen MR) is 55.4 cm³/mol. The first-order valence-electron chi connectivity index (χ1n) is 4.02. The lowest BCUT2D eigenvalue weighted by Crippen LogP contribution is -2.08. The van der Waals surface area contributed by atoms with E-state index in [9.17, 15) is 0 Å². The van der Waals surface area contributed by atoms with Gasteiger partial charge in [-0.3, -0.25) is 0 Å². The smallest absolute Gasteiger partial charge is 0.139 e. The Bertz CT molecular complexity index is 273. The number of rotatable bonds is 2. The molecule has 0 amide bonds. The lowest BCUT2D eigenvalue weighted by atomic mass is 9.96. The van der Waals surface area contributed by atoms with Gasteiger partial charge < -0.3 is 4.74 Å². The Morgan fingerprint density at radius 2 is 2.08 bits per heavy atom. The van der Waals surface area contributed by atoms with Crippen molar-refractivity contribution in [1.29, 1.82) is 0 Å². The lowest BCUT2D eigenvalue weighted by molar-refractivity contribution is 0.242. The minimum absolute atomic E-state index is 0.171. The van der Waals surface area contributed by atoms with Crippen molar-refractivity contribution >= 4 is 24.9 Å². The van der Waals surface area contributed by atoms with E-state index < -0.39 is 0 Å². The van der Waals surface area contributed by atoms with Crippen molar-refractivity contribution in [3.8, 4) is 5.75 Å². The number of benzene rings is 1. The van der Waals surface area contributed by atoms with Crippen molar-refractivity contribution in [1.82, 2.24) is 0 Å². The van der Waals surface area contributed by atoms with Crippen LogP contribution in [-0.2, 0) is 0 Å². The van der Waals surface area contributed by atoms with Gasteiger partial charge in [0.15, 0.2) is 0 Å². The van der Waals surface area contributed by atoms with Crippen molar-refractivity contribution < 1.29 is 4.74 Å². The molecule has 0 spiro atoms. The fraction of sp³-hybridized carbons (Fsp3) is 0.333. The highest BCUT2D eigenvalue weighted by molar-refractivity contribution is 6.37. The summed E-state index contributed by atoms with van der Waals surface area (Å²) in [5.41, 5.74) is 1.15. The van der Waals surface area contributed by atoms with Gasteiger partial charge in [0.2, 0.25) is 0 Å².